The van der Waals surface area contributed by atoms with Crippen molar-refractivity contribution in [3.63, 3.8) is 0 Å². The number of fused-ring (bicyclic) bond motifs is 1. The number of hydrogen-bond donors (Lipinski definition) is 1. The number of aromatic nitrogens is 2. The largest absolute Gasteiger partial charge is 0.358 e. The van der Waals surface area contributed by atoms with Crippen LogP contribution in [0.1, 0.15) is 32.9 Å². The van der Waals surface area contributed by atoms with E-state index in [-0.39, 0.29) is 0 Å². The predicted octanol–water partition coefficient (Wildman–Crippen LogP) is 2.99. The highest BCUT2D eigenvalue weighted by Crippen LogP contribution is 2.24. The Morgan fingerprint density at radius 3 is 2.95 bits per heavy atom. The lowest BCUT2D eigenvalue weighted by Gasteiger charge is -2.19. The first kappa shape index (κ1) is 14.3. The molecule has 0 atom stereocenters. The summed E-state index contributed by atoms with van der Waals surface area (Å²) in [5, 5.41) is 5.50. The van der Waals surface area contributed by atoms with Crippen molar-refractivity contribution < 1.29 is 0 Å². The van der Waals surface area contributed by atoms with Crippen LogP contribution in [0.25, 0.3) is 4.96 Å². The summed E-state index contributed by atoms with van der Waals surface area (Å²) in [6.45, 7) is 9.57. The van der Waals surface area contributed by atoms with Gasteiger partial charge in [-0.1, -0.05) is 20.8 Å². The van der Waals surface area contributed by atoms with Crippen LogP contribution in [0.5, 0.6) is 0 Å². The fourth-order valence-electron chi connectivity index (χ4n) is 2.09. The van der Waals surface area contributed by atoms with Crippen molar-refractivity contribution in [3.8, 4) is 0 Å². The second kappa shape index (κ2) is 6.39. The molecule has 0 unspecified atom stereocenters. The smallest absolute Gasteiger partial charge is 0.195 e. The highest BCUT2D eigenvalue weighted by Gasteiger charge is 2.16. The summed E-state index contributed by atoms with van der Waals surface area (Å²) in [6.07, 6.45) is 3.31. The van der Waals surface area contributed by atoms with Gasteiger partial charge in [-0.25, -0.2) is 4.98 Å². The van der Waals surface area contributed by atoms with Crippen LogP contribution in [0.3, 0.4) is 0 Å². The molecule has 2 aromatic heterocycles. The summed E-state index contributed by atoms with van der Waals surface area (Å²) in [5.41, 5.74) is 1.27. The average molecular weight is 280 g/mol. The molecule has 1 N–H and O–H groups in total. The summed E-state index contributed by atoms with van der Waals surface area (Å²) in [7, 11) is 2.14. The molecule has 0 aliphatic carbocycles. The first-order valence-electron chi connectivity index (χ1n) is 6.99. The molecule has 0 aliphatic rings. The van der Waals surface area contributed by atoms with Crippen molar-refractivity contribution in [2.45, 2.75) is 33.7 Å². The van der Waals surface area contributed by atoms with Gasteiger partial charge in [0.25, 0.3) is 0 Å². The fraction of sp³-hybridized carbons (Fsp3) is 0.643. The summed E-state index contributed by atoms with van der Waals surface area (Å²) >= 11 is 1.69. The summed E-state index contributed by atoms with van der Waals surface area (Å²) in [5.74, 6) is 1.84. The third-order valence-electron chi connectivity index (χ3n) is 3.29. The molecule has 0 bridgehead atoms. The van der Waals surface area contributed by atoms with Crippen molar-refractivity contribution >= 4 is 22.1 Å². The first-order chi connectivity index (χ1) is 9.13. The Bertz CT molecular complexity index is 514. The van der Waals surface area contributed by atoms with Gasteiger partial charge >= 0.3 is 0 Å². The van der Waals surface area contributed by atoms with Crippen molar-refractivity contribution in [3.05, 3.63) is 17.3 Å². The van der Waals surface area contributed by atoms with E-state index in [9.17, 15) is 0 Å². The van der Waals surface area contributed by atoms with E-state index in [1.54, 1.807) is 11.3 Å². The zero-order chi connectivity index (χ0) is 13.8. The minimum atomic E-state index is 0.725. The molecular formula is C14H24N4S. The van der Waals surface area contributed by atoms with Gasteiger partial charge in [0.1, 0.15) is 0 Å². The molecule has 106 valence electrons. The molecule has 0 radical (unpaired) electrons. The van der Waals surface area contributed by atoms with Gasteiger partial charge in [-0.15, -0.1) is 11.3 Å². The van der Waals surface area contributed by atoms with E-state index < -0.39 is 0 Å². The second-order valence-electron chi connectivity index (χ2n) is 5.32. The maximum atomic E-state index is 4.77. The zero-order valence-electron chi connectivity index (χ0n) is 12.3. The Labute approximate surface area is 119 Å². The molecule has 0 saturated heterocycles. The molecule has 0 aliphatic heterocycles. The van der Waals surface area contributed by atoms with E-state index >= 15 is 0 Å². The molecule has 0 fully saturated rings. The predicted molar refractivity (Wildman–Crippen MR) is 83.2 cm³/mol. The van der Waals surface area contributed by atoms with Crippen LogP contribution in [0.4, 0.5) is 5.82 Å². The number of hydrogen-bond acceptors (Lipinski definition) is 4. The number of nitrogens with one attached hydrogen (secondary N) is 1. The average Bonchev–Trinajstić information content (AvgIpc) is 2.94. The van der Waals surface area contributed by atoms with Crippen LogP contribution in [0.15, 0.2) is 11.6 Å². The molecule has 0 spiro atoms. The van der Waals surface area contributed by atoms with Gasteiger partial charge in [0, 0.05) is 31.7 Å². The van der Waals surface area contributed by atoms with E-state index in [0.29, 0.717) is 0 Å². The normalized spacial score (nSPS) is 11.6. The van der Waals surface area contributed by atoms with Crippen LogP contribution < -0.4 is 10.2 Å². The molecule has 0 saturated carbocycles. The zero-order valence-corrected chi connectivity index (χ0v) is 13.1. The van der Waals surface area contributed by atoms with Crippen LogP contribution in [-0.2, 0) is 6.54 Å². The summed E-state index contributed by atoms with van der Waals surface area (Å²) in [6, 6.07) is 0. The Hall–Kier alpha value is -1.07. The van der Waals surface area contributed by atoms with Crippen molar-refractivity contribution in [1.82, 2.24) is 14.7 Å². The summed E-state index contributed by atoms with van der Waals surface area (Å²) in [4.78, 5) is 8.14. The summed E-state index contributed by atoms with van der Waals surface area (Å²) < 4.78 is 2.20. The first-order valence-corrected chi connectivity index (χ1v) is 7.87. The Balaban J connectivity index is 2.22. The van der Waals surface area contributed by atoms with Gasteiger partial charge in [0.05, 0.1) is 5.69 Å². The lowest BCUT2D eigenvalue weighted by Crippen LogP contribution is -2.23. The van der Waals surface area contributed by atoms with Gasteiger partial charge in [-0.05, 0) is 18.9 Å². The topological polar surface area (TPSA) is 32.6 Å². The lowest BCUT2D eigenvalue weighted by atomic mass is 10.1. The SMILES string of the molecule is CCNCc1c(N(C)CCC(C)C)nc2sccn12. The van der Waals surface area contributed by atoms with Gasteiger partial charge < -0.3 is 10.2 Å². The number of nitrogens with zero attached hydrogens (tertiary/aromatic N) is 3. The Morgan fingerprint density at radius 2 is 2.26 bits per heavy atom. The van der Waals surface area contributed by atoms with Crippen molar-refractivity contribution in [2.24, 2.45) is 5.92 Å². The Morgan fingerprint density at radius 1 is 1.47 bits per heavy atom. The van der Waals surface area contributed by atoms with Gasteiger partial charge in [0.15, 0.2) is 10.8 Å². The number of anilines is 1. The molecule has 2 rings (SSSR count). The molecular weight excluding hydrogens is 256 g/mol. The lowest BCUT2D eigenvalue weighted by molar-refractivity contribution is 0.582. The Kier molecular flexibility index (Phi) is 4.82. The molecule has 5 heteroatoms. The molecule has 0 amide bonds. The molecule has 0 aromatic carbocycles. The van der Waals surface area contributed by atoms with E-state index in [1.807, 2.05) is 0 Å². The van der Waals surface area contributed by atoms with Crippen LogP contribution in [-0.4, -0.2) is 29.5 Å². The van der Waals surface area contributed by atoms with Crippen molar-refractivity contribution in [2.75, 3.05) is 25.0 Å². The monoisotopic (exact) mass is 280 g/mol. The van der Waals surface area contributed by atoms with E-state index in [1.165, 1.54) is 12.1 Å². The van der Waals surface area contributed by atoms with E-state index in [2.05, 4.69) is 54.0 Å². The molecule has 2 aromatic rings. The number of imidazole rings is 1. The third kappa shape index (κ3) is 3.28. The van der Waals surface area contributed by atoms with Gasteiger partial charge in [0.2, 0.25) is 0 Å². The van der Waals surface area contributed by atoms with Crippen LogP contribution >= 0.6 is 11.3 Å². The highest BCUT2D eigenvalue weighted by molar-refractivity contribution is 7.15. The highest BCUT2D eigenvalue weighted by atomic mass is 32.1. The van der Waals surface area contributed by atoms with Crippen molar-refractivity contribution in [1.29, 1.82) is 0 Å². The second-order valence-corrected chi connectivity index (χ2v) is 6.20. The standard InChI is InChI=1S/C14H24N4S/c1-5-15-10-12-13(17(4)7-6-11(2)3)16-14-18(12)8-9-19-14/h8-9,11,15H,5-7,10H2,1-4H3. The van der Waals surface area contributed by atoms with Gasteiger partial charge in [-0.3, -0.25) is 4.40 Å². The number of thiazole rings is 1. The molecule has 2 heterocycles. The third-order valence-corrected chi connectivity index (χ3v) is 4.04. The quantitative estimate of drug-likeness (QED) is 0.846. The molecule has 19 heavy (non-hydrogen) atoms. The van der Waals surface area contributed by atoms with Gasteiger partial charge in [-0.2, -0.15) is 0 Å². The maximum absolute atomic E-state index is 4.77. The van der Waals surface area contributed by atoms with Crippen LogP contribution in [0.2, 0.25) is 0 Å². The van der Waals surface area contributed by atoms with Crippen LogP contribution in [0, 0.1) is 5.92 Å². The van der Waals surface area contributed by atoms with E-state index in [4.69, 9.17) is 4.98 Å². The minimum absolute atomic E-state index is 0.725. The molecule has 4 nitrogen and oxygen atoms in total. The van der Waals surface area contributed by atoms with E-state index in [0.717, 1.165) is 36.3 Å². The fourth-order valence-corrected chi connectivity index (χ4v) is 2.82. The minimum Gasteiger partial charge on any atom is -0.358 e. The maximum Gasteiger partial charge on any atom is 0.195 e. The number of rotatable bonds is 7.